The van der Waals surface area contributed by atoms with Gasteiger partial charge in [-0.05, 0) is 89.8 Å². The Hall–Kier alpha value is -5.64. The molecule has 4 aromatic carbocycles. The highest BCUT2D eigenvalue weighted by atomic mass is 16.5. The molecule has 50 heavy (non-hydrogen) atoms. The second-order valence-corrected chi connectivity index (χ2v) is 12.2. The van der Waals surface area contributed by atoms with Crippen molar-refractivity contribution in [3.8, 4) is 17.2 Å². The van der Waals surface area contributed by atoms with E-state index in [1.807, 2.05) is 18.2 Å². The molecule has 10 heteroatoms. The lowest BCUT2D eigenvalue weighted by atomic mass is 10.0. The lowest BCUT2D eigenvalue weighted by molar-refractivity contribution is -0.139. The monoisotopic (exact) mass is 678 g/mol. The predicted molar refractivity (Wildman–Crippen MR) is 189 cm³/mol. The maximum atomic E-state index is 12.9. The van der Waals surface area contributed by atoms with Crippen LogP contribution in [0.15, 0.2) is 91.0 Å². The molecule has 0 unspecified atom stereocenters. The Morgan fingerprint density at radius 2 is 1.48 bits per heavy atom. The van der Waals surface area contributed by atoms with Crippen molar-refractivity contribution in [3.05, 3.63) is 119 Å². The molecule has 260 valence electrons. The van der Waals surface area contributed by atoms with E-state index in [1.54, 1.807) is 60.7 Å². The van der Waals surface area contributed by atoms with Crippen LogP contribution < -0.4 is 24.8 Å². The number of fused-ring (bicyclic) bond motifs is 1. The maximum absolute atomic E-state index is 12.9. The average molecular weight is 679 g/mol. The SMILES string of the molecule is CCCCCCCOc1ccc(C(=O)Oc2ccc(C[C@H](NC(=O)c3ccc(NC(=O)Cc4ccc5c(c4)CCO5)cc3)C(=O)O)cc2)cc1. The Kier molecular flexibility index (Phi) is 12.6. The third-order valence-corrected chi connectivity index (χ3v) is 8.33. The Morgan fingerprint density at radius 3 is 2.20 bits per heavy atom. The lowest BCUT2D eigenvalue weighted by Crippen LogP contribution is -2.42. The smallest absolute Gasteiger partial charge is 0.343 e. The minimum atomic E-state index is -1.20. The van der Waals surface area contributed by atoms with Crippen LogP contribution in [-0.2, 0) is 28.9 Å². The molecule has 2 amide bonds. The van der Waals surface area contributed by atoms with E-state index in [1.165, 1.54) is 31.4 Å². The zero-order valence-corrected chi connectivity index (χ0v) is 28.1. The fourth-order valence-electron chi connectivity index (χ4n) is 5.57. The van der Waals surface area contributed by atoms with Crippen LogP contribution in [0.25, 0.3) is 0 Å². The van der Waals surface area contributed by atoms with Gasteiger partial charge in [0.25, 0.3) is 5.91 Å². The molecule has 0 saturated carbocycles. The highest BCUT2D eigenvalue weighted by Gasteiger charge is 2.22. The zero-order valence-electron chi connectivity index (χ0n) is 28.1. The van der Waals surface area contributed by atoms with Gasteiger partial charge in [-0.2, -0.15) is 0 Å². The highest BCUT2D eigenvalue weighted by molar-refractivity contribution is 5.98. The van der Waals surface area contributed by atoms with Crippen LogP contribution in [0.2, 0.25) is 0 Å². The summed E-state index contributed by atoms with van der Waals surface area (Å²) >= 11 is 0. The van der Waals surface area contributed by atoms with E-state index in [-0.39, 0.29) is 24.3 Å². The number of nitrogens with one attached hydrogen (secondary N) is 2. The van der Waals surface area contributed by atoms with Crippen molar-refractivity contribution in [3.63, 3.8) is 0 Å². The van der Waals surface area contributed by atoms with Crippen LogP contribution in [0.5, 0.6) is 17.2 Å². The van der Waals surface area contributed by atoms with Crippen molar-refractivity contribution in [1.29, 1.82) is 0 Å². The van der Waals surface area contributed by atoms with Crippen LogP contribution >= 0.6 is 0 Å². The number of esters is 1. The molecular formula is C40H42N2O8. The van der Waals surface area contributed by atoms with E-state index in [9.17, 15) is 24.3 Å². The van der Waals surface area contributed by atoms with Gasteiger partial charge in [-0.15, -0.1) is 0 Å². The first-order valence-electron chi connectivity index (χ1n) is 17.0. The van der Waals surface area contributed by atoms with E-state index < -0.39 is 23.9 Å². The van der Waals surface area contributed by atoms with Crippen molar-refractivity contribution in [2.75, 3.05) is 18.5 Å². The van der Waals surface area contributed by atoms with Gasteiger partial charge in [0.2, 0.25) is 5.91 Å². The molecule has 0 aliphatic carbocycles. The fourth-order valence-corrected chi connectivity index (χ4v) is 5.57. The first-order chi connectivity index (χ1) is 24.3. The summed E-state index contributed by atoms with van der Waals surface area (Å²) in [6.07, 6.45) is 6.79. The summed E-state index contributed by atoms with van der Waals surface area (Å²) in [6, 6.07) is 24.0. The second-order valence-electron chi connectivity index (χ2n) is 12.2. The van der Waals surface area contributed by atoms with Gasteiger partial charge < -0.3 is 30.0 Å². The zero-order chi connectivity index (χ0) is 35.3. The molecule has 0 saturated heterocycles. The predicted octanol–water partition coefficient (Wildman–Crippen LogP) is 6.80. The summed E-state index contributed by atoms with van der Waals surface area (Å²) in [5.41, 5.74) is 3.74. The lowest BCUT2D eigenvalue weighted by Gasteiger charge is -2.15. The molecule has 0 fully saturated rings. The van der Waals surface area contributed by atoms with Crippen LogP contribution in [0.1, 0.15) is 76.4 Å². The first kappa shape index (κ1) is 35.7. The summed E-state index contributed by atoms with van der Waals surface area (Å²) in [7, 11) is 0. The number of carbonyl (C=O) groups is 4. The van der Waals surface area contributed by atoms with E-state index >= 15 is 0 Å². The number of amides is 2. The number of anilines is 1. The van der Waals surface area contributed by atoms with Gasteiger partial charge in [0.05, 0.1) is 25.2 Å². The summed E-state index contributed by atoms with van der Waals surface area (Å²) in [5, 5.41) is 15.2. The van der Waals surface area contributed by atoms with E-state index in [4.69, 9.17) is 14.2 Å². The number of hydrogen-bond donors (Lipinski definition) is 3. The Labute approximate surface area is 291 Å². The fraction of sp³-hybridized carbons (Fsp3) is 0.300. The molecule has 3 N–H and O–H groups in total. The number of hydrogen-bond acceptors (Lipinski definition) is 7. The minimum Gasteiger partial charge on any atom is -0.494 e. The van der Waals surface area contributed by atoms with Gasteiger partial charge >= 0.3 is 11.9 Å². The third-order valence-electron chi connectivity index (χ3n) is 8.33. The summed E-state index contributed by atoms with van der Waals surface area (Å²) in [5.74, 6) is -0.632. The topological polar surface area (TPSA) is 140 Å². The Morgan fingerprint density at radius 1 is 0.800 bits per heavy atom. The normalized spacial score (nSPS) is 12.3. The van der Waals surface area contributed by atoms with Crippen molar-refractivity contribution >= 4 is 29.4 Å². The standard InChI is InChI=1S/C40H42N2O8/c1-2-3-4-5-6-22-48-33-18-12-30(13-19-33)40(47)50-34-16-7-27(8-17-34)25-35(39(45)46)42-38(44)29-10-14-32(15-11-29)41-37(43)26-28-9-20-36-31(24-28)21-23-49-36/h7-20,24,35H,2-6,21-23,25-26H2,1H3,(H,41,43)(H,42,44)(H,45,46)/t35-/m0/s1. The number of aliphatic carboxylic acids is 1. The van der Waals surface area contributed by atoms with Crippen LogP contribution in [-0.4, -0.2) is 48.1 Å². The largest absolute Gasteiger partial charge is 0.494 e. The molecule has 0 aromatic heterocycles. The van der Waals surface area contributed by atoms with Gasteiger partial charge in [-0.3, -0.25) is 9.59 Å². The van der Waals surface area contributed by atoms with Gasteiger partial charge in [-0.25, -0.2) is 9.59 Å². The van der Waals surface area contributed by atoms with Crippen molar-refractivity contribution in [2.45, 2.75) is 64.3 Å². The number of rotatable bonds is 17. The Balaban J connectivity index is 1.07. The molecule has 5 rings (SSSR count). The number of unbranched alkanes of at least 4 members (excludes halogenated alkanes) is 4. The molecule has 0 spiro atoms. The van der Waals surface area contributed by atoms with Crippen LogP contribution in [0, 0.1) is 0 Å². The number of carbonyl (C=O) groups excluding carboxylic acids is 3. The number of carboxylic acids is 1. The number of ether oxygens (including phenoxy) is 3. The van der Waals surface area contributed by atoms with Crippen molar-refractivity contribution < 1.29 is 38.5 Å². The van der Waals surface area contributed by atoms with Gasteiger partial charge in [0.15, 0.2) is 0 Å². The summed E-state index contributed by atoms with van der Waals surface area (Å²) < 4.78 is 16.8. The molecule has 0 radical (unpaired) electrons. The van der Waals surface area contributed by atoms with E-state index in [0.717, 1.165) is 36.1 Å². The molecule has 10 nitrogen and oxygen atoms in total. The van der Waals surface area contributed by atoms with Gasteiger partial charge in [0, 0.05) is 24.1 Å². The summed E-state index contributed by atoms with van der Waals surface area (Å²) in [6.45, 7) is 3.46. The number of benzene rings is 4. The molecule has 4 aromatic rings. The van der Waals surface area contributed by atoms with Crippen molar-refractivity contribution in [1.82, 2.24) is 5.32 Å². The highest BCUT2D eigenvalue weighted by Crippen LogP contribution is 2.26. The Bertz CT molecular complexity index is 1770. The van der Waals surface area contributed by atoms with Crippen LogP contribution in [0.4, 0.5) is 5.69 Å². The van der Waals surface area contributed by atoms with Gasteiger partial charge in [0.1, 0.15) is 23.3 Å². The second kappa shape index (κ2) is 17.7. The first-order valence-corrected chi connectivity index (χ1v) is 17.0. The molecular weight excluding hydrogens is 636 g/mol. The molecule has 1 aliphatic rings. The maximum Gasteiger partial charge on any atom is 0.343 e. The van der Waals surface area contributed by atoms with Crippen molar-refractivity contribution in [2.24, 2.45) is 0 Å². The molecule has 1 aliphatic heterocycles. The van der Waals surface area contributed by atoms with E-state index in [2.05, 4.69) is 17.6 Å². The molecule has 1 heterocycles. The molecule has 0 bridgehead atoms. The van der Waals surface area contributed by atoms with Crippen LogP contribution in [0.3, 0.4) is 0 Å². The minimum absolute atomic E-state index is 0.0122. The average Bonchev–Trinajstić information content (AvgIpc) is 3.59. The quantitative estimate of drug-likeness (QED) is 0.0630. The summed E-state index contributed by atoms with van der Waals surface area (Å²) in [4.78, 5) is 50.2. The molecule has 1 atom stereocenters. The van der Waals surface area contributed by atoms with E-state index in [0.29, 0.717) is 41.5 Å². The third kappa shape index (κ3) is 10.4. The van der Waals surface area contributed by atoms with Gasteiger partial charge in [-0.1, -0.05) is 56.9 Å². The number of carboxylic acid groups (broad SMARTS) is 1.